The molecular formula is C26H26FN3O2. The van der Waals surface area contributed by atoms with Crippen molar-refractivity contribution in [1.82, 2.24) is 14.9 Å². The van der Waals surface area contributed by atoms with Gasteiger partial charge in [-0.15, -0.1) is 0 Å². The van der Waals surface area contributed by atoms with E-state index in [-0.39, 0.29) is 5.82 Å². The first-order valence-corrected chi connectivity index (χ1v) is 10.9. The molecule has 1 fully saturated rings. The fourth-order valence-corrected chi connectivity index (χ4v) is 4.60. The van der Waals surface area contributed by atoms with Crippen LogP contribution in [0.1, 0.15) is 24.0 Å². The summed E-state index contributed by atoms with van der Waals surface area (Å²) in [6.45, 7) is 2.26. The van der Waals surface area contributed by atoms with Crippen molar-refractivity contribution in [3.63, 3.8) is 0 Å². The summed E-state index contributed by atoms with van der Waals surface area (Å²) in [6, 6.07) is 18.3. The van der Waals surface area contributed by atoms with Gasteiger partial charge in [-0.2, -0.15) is 0 Å². The Balaban J connectivity index is 1.40. The van der Waals surface area contributed by atoms with Gasteiger partial charge in [-0.25, -0.2) is 9.37 Å². The fourth-order valence-electron chi connectivity index (χ4n) is 4.60. The van der Waals surface area contributed by atoms with Crippen LogP contribution in [-0.2, 0) is 12.1 Å². The molecule has 0 atom stereocenters. The van der Waals surface area contributed by atoms with E-state index in [1.165, 1.54) is 17.7 Å². The summed E-state index contributed by atoms with van der Waals surface area (Å²) in [7, 11) is 1.66. The summed E-state index contributed by atoms with van der Waals surface area (Å²) < 4.78 is 18.6. The lowest BCUT2D eigenvalue weighted by molar-refractivity contribution is -0.0276. The second-order valence-electron chi connectivity index (χ2n) is 8.42. The molecule has 0 amide bonds. The largest absolute Gasteiger partial charge is 0.497 e. The Bertz CT molecular complexity index is 1210. The molecule has 164 valence electrons. The number of hydrogen-bond donors (Lipinski definition) is 2. The number of nitrogens with one attached hydrogen (secondary N) is 1. The second-order valence-corrected chi connectivity index (χ2v) is 8.42. The van der Waals surface area contributed by atoms with Gasteiger partial charge < -0.3 is 14.8 Å². The highest BCUT2D eigenvalue weighted by Gasteiger charge is 2.34. The minimum Gasteiger partial charge on any atom is -0.497 e. The van der Waals surface area contributed by atoms with Crippen molar-refractivity contribution in [3.05, 3.63) is 83.8 Å². The van der Waals surface area contributed by atoms with Crippen LogP contribution in [-0.4, -0.2) is 40.2 Å². The van der Waals surface area contributed by atoms with Crippen molar-refractivity contribution >= 4 is 11.0 Å². The molecule has 32 heavy (non-hydrogen) atoms. The molecule has 2 aromatic heterocycles. The van der Waals surface area contributed by atoms with Crippen LogP contribution in [0.25, 0.3) is 22.3 Å². The van der Waals surface area contributed by atoms with E-state index < -0.39 is 5.60 Å². The van der Waals surface area contributed by atoms with Crippen molar-refractivity contribution in [2.45, 2.75) is 25.0 Å². The maximum atomic E-state index is 13.3. The zero-order chi connectivity index (χ0) is 22.1. The Kier molecular flexibility index (Phi) is 5.41. The summed E-state index contributed by atoms with van der Waals surface area (Å²) in [4.78, 5) is 10.4. The minimum atomic E-state index is -0.912. The third kappa shape index (κ3) is 3.87. The summed E-state index contributed by atoms with van der Waals surface area (Å²) >= 11 is 0. The number of aromatic amines is 1. The van der Waals surface area contributed by atoms with Gasteiger partial charge in [-0.1, -0.05) is 12.1 Å². The number of hydrogen-bond acceptors (Lipinski definition) is 4. The number of benzene rings is 2. The van der Waals surface area contributed by atoms with Gasteiger partial charge >= 0.3 is 0 Å². The number of likely N-dealkylation sites (tertiary alicyclic amines) is 1. The standard InChI is InChI=1S/C26H26FN3O2/c1-32-21-10-4-18(5-11-21)24-23(22-3-2-14-28-25(22)29-24)17-30-15-12-26(31,13-16-30)19-6-8-20(27)9-7-19/h2-11,14,31H,12-13,15-17H2,1H3,(H,28,29). The van der Waals surface area contributed by atoms with Gasteiger partial charge in [0, 0.05) is 36.8 Å². The second kappa shape index (κ2) is 8.37. The number of pyridine rings is 1. The van der Waals surface area contributed by atoms with E-state index in [0.717, 1.165) is 53.2 Å². The third-order valence-electron chi connectivity index (χ3n) is 6.50. The molecule has 6 heteroatoms. The van der Waals surface area contributed by atoms with Crippen molar-refractivity contribution < 1.29 is 14.2 Å². The van der Waals surface area contributed by atoms with Gasteiger partial charge in [0.15, 0.2) is 0 Å². The summed E-state index contributed by atoms with van der Waals surface area (Å²) in [5.41, 5.74) is 4.08. The van der Waals surface area contributed by atoms with E-state index in [1.807, 2.05) is 18.2 Å². The SMILES string of the molecule is COc1ccc(-c2[nH]c3ncccc3c2CN2CCC(O)(c3ccc(F)cc3)CC2)cc1. The van der Waals surface area contributed by atoms with Gasteiger partial charge in [0.25, 0.3) is 0 Å². The Labute approximate surface area is 186 Å². The van der Waals surface area contributed by atoms with Crippen LogP contribution in [0.5, 0.6) is 5.75 Å². The zero-order valence-corrected chi connectivity index (χ0v) is 18.0. The maximum Gasteiger partial charge on any atom is 0.138 e. The van der Waals surface area contributed by atoms with E-state index in [0.29, 0.717) is 12.8 Å². The molecule has 1 saturated heterocycles. The van der Waals surface area contributed by atoms with Crippen LogP contribution in [0.2, 0.25) is 0 Å². The predicted molar refractivity (Wildman–Crippen MR) is 123 cm³/mol. The molecule has 2 aromatic carbocycles. The lowest BCUT2D eigenvalue weighted by atomic mass is 9.84. The Morgan fingerprint density at radius 3 is 2.47 bits per heavy atom. The van der Waals surface area contributed by atoms with Crippen molar-refractivity contribution in [1.29, 1.82) is 0 Å². The lowest BCUT2D eigenvalue weighted by Crippen LogP contribution is -2.42. The number of aromatic nitrogens is 2. The number of methoxy groups -OCH3 is 1. The van der Waals surface area contributed by atoms with Crippen LogP contribution in [0, 0.1) is 5.82 Å². The summed E-state index contributed by atoms with van der Waals surface area (Å²) in [6.07, 6.45) is 3.01. The molecule has 5 nitrogen and oxygen atoms in total. The molecule has 0 unspecified atom stereocenters. The smallest absolute Gasteiger partial charge is 0.138 e. The number of halogens is 1. The highest BCUT2D eigenvalue weighted by Crippen LogP contribution is 2.36. The van der Waals surface area contributed by atoms with Crippen LogP contribution in [0.4, 0.5) is 4.39 Å². The molecule has 2 N–H and O–H groups in total. The number of aliphatic hydroxyl groups is 1. The van der Waals surface area contributed by atoms with Crippen molar-refractivity contribution in [2.75, 3.05) is 20.2 Å². The van der Waals surface area contributed by atoms with Crippen molar-refractivity contribution in [2.24, 2.45) is 0 Å². The monoisotopic (exact) mass is 431 g/mol. The molecule has 0 spiro atoms. The predicted octanol–water partition coefficient (Wildman–Crippen LogP) is 4.86. The van der Waals surface area contributed by atoms with Crippen LogP contribution in [0.15, 0.2) is 66.9 Å². The van der Waals surface area contributed by atoms with Gasteiger partial charge in [0.1, 0.15) is 17.2 Å². The molecule has 0 saturated carbocycles. The van der Waals surface area contributed by atoms with E-state index >= 15 is 0 Å². The molecule has 3 heterocycles. The van der Waals surface area contributed by atoms with Gasteiger partial charge in [-0.3, -0.25) is 4.90 Å². The van der Waals surface area contributed by atoms with Crippen molar-refractivity contribution in [3.8, 4) is 17.0 Å². The molecule has 5 rings (SSSR count). The van der Waals surface area contributed by atoms with Crippen LogP contribution >= 0.6 is 0 Å². The minimum absolute atomic E-state index is 0.284. The number of fused-ring (bicyclic) bond motifs is 1. The Morgan fingerprint density at radius 2 is 1.78 bits per heavy atom. The van der Waals surface area contributed by atoms with Crippen LogP contribution < -0.4 is 4.74 Å². The average Bonchev–Trinajstić information content (AvgIpc) is 3.19. The van der Waals surface area contributed by atoms with Crippen LogP contribution in [0.3, 0.4) is 0 Å². The lowest BCUT2D eigenvalue weighted by Gasteiger charge is -2.38. The molecule has 1 aliphatic rings. The van der Waals surface area contributed by atoms with Gasteiger partial charge in [-0.05, 0) is 72.5 Å². The van der Waals surface area contributed by atoms with Gasteiger partial charge in [0.2, 0.25) is 0 Å². The van der Waals surface area contributed by atoms with E-state index in [2.05, 4.69) is 33.1 Å². The number of ether oxygens (including phenoxy) is 1. The molecule has 0 bridgehead atoms. The number of nitrogens with zero attached hydrogens (tertiary/aromatic N) is 2. The molecule has 0 aliphatic carbocycles. The first-order chi connectivity index (χ1) is 15.6. The van der Waals surface area contributed by atoms with E-state index in [9.17, 15) is 9.50 Å². The number of piperidine rings is 1. The van der Waals surface area contributed by atoms with E-state index in [1.54, 1.807) is 25.4 Å². The fraction of sp³-hybridized carbons (Fsp3) is 0.269. The highest BCUT2D eigenvalue weighted by atomic mass is 19.1. The zero-order valence-electron chi connectivity index (χ0n) is 18.0. The first kappa shape index (κ1) is 20.7. The van der Waals surface area contributed by atoms with Gasteiger partial charge in [0.05, 0.1) is 18.4 Å². The quantitative estimate of drug-likeness (QED) is 0.474. The molecular weight excluding hydrogens is 405 g/mol. The van der Waals surface area contributed by atoms with E-state index in [4.69, 9.17) is 4.74 Å². The Hall–Kier alpha value is -3.22. The molecule has 4 aromatic rings. The Morgan fingerprint density at radius 1 is 1.06 bits per heavy atom. The molecule has 0 radical (unpaired) electrons. The molecule has 1 aliphatic heterocycles. The highest BCUT2D eigenvalue weighted by molar-refractivity contribution is 5.88. The number of rotatable bonds is 5. The third-order valence-corrected chi connectivity index (χ3v) is 6.50. The average molecular weight is 432 g/mol. The first-order valence-electron chi connectivity index (χ1n) is 10.9. The maximum absolute atomic E-state index is 13.3. The summed E-state index contributed by atoms with van der Waals surface area (Å²) in [5, 5.41) is 12.3. The normalized spacial score (nSPS) is 16.3. The summed E-state index contributed by atoms with van der Waals surface area (Å²) in [5.74, 6) is 0.537. The number of H-pyrrole nitrogens is 1. The topological polar surface area (TPSA) is 61.4 Å².